The highest BCUT2D eigenvalue weighted by molar-refractivity contribution is 7.89. The number of nitrogens with two attached hydrogens (primary N) is 1. The van der Waals surface area contributed by atoms with Crippen molar-refractivity contribution in [2.75, 3.05) is 7.11 Å². The summed E-state index contributed by atoms with van der Waals surface area (Å²) in [4.78, 5) is 14.3. The molecule has 0 bridgehead atoms. The molecule has 0 aliphatic heterocycles. The minimum absolute atomic E-state index is 0.00562. The fourth-order valence-corrected chi connectivity index (χ4v) is 1.95. The highest BCUT2D eigenvalue weighted by Gasteiger charge is 2.20. The Morgan fingerprint density at radius 3 is 2.63 bits per heavy atom. The van der Waals surface area contributed by atoms with Crippen molar-refractivity contribution in [3.05, 3.63) is 34.2 Å². The molecule has 19 heavy (non-hydrogen) atoms. The summed E-state index contributed by atoms with van der Waals surface area (Å²) in [5.74, 6) is -0.377. The first-order valence-corrected chi connectivity index (χ1v) is 6.65. The van der Waals surface area contributed by atoms with Crippen LogP contribution in [0.15, 0.2) is 28.2 Å². The quantitative estimate of drug-likeness (QED) is 0.376. The lowest BCUT2D eigenvalue weighted by Crippen LogP contribution is -2.17. The smallest absolute Gasteiger partial charge is 0.238 e. The van der Waals surface area contributed by atoms with Gasteiger partial charge in [-0.3, -0.25) is 4.79 Å². The maximum atomic E-state index is 12.0. The summed E-state index contributed by atoms with van der Waals surface area (Å²) < 4.78 is 27.5. The first kappa shape index (κ1) is 15.0. The van der Waals surface area contributed by atoms with Crippen LogP contribution in [0.3, 0.4) is 0 Å². The average molecular weight is 284 g/mol. The van der Waals surface area contributed by atoms with E-state index in [1.54, 1.807) is 0 Å². The van der Waals surface area contributed by atoms with Gasteiger partial charge in [0.1, 0.15) is 5.75 Å². The number of methoxy groups -OCH3 is 1. The molecular formula is C10H12N4O4S. The van der Waals surface area contributed by atoms with Crippen molar-refractivity contribution in [2.24, 2.45) is 10.3 Å². The van der Waals surface area contributed by atoms with E-state index in [2.05, 4.69) is 10.0 Å². The summed E-state index contributed by atoms with van der Waals surface area (Å²) in [5, 5.41) is 8.25. The fraction of sp³-hybridized carbons (Fsp3) is 0.300. The van der Waals surface area contributed by atoms with Gasteiger partial charge in [-0.05, 0) is 30.7 Å². The van der Waals surface area contributed by atoms with Gasteiger partial charge in [-0.15, -0.1) is 0 Å². The number of hydrogen-bond acceptors (Lipinski definition) is 5. The highest BCUT2D eigenvalue weighted by Crippen LogP contribution is 2.24. The Balaban J connectivity index is 3.39. The maximum absolute atomic E-state index is 12.0. The normalized spacial score (nSPS) is 12.4. The van der Waals surface area contributed by atoms with Crippen LogP contribution in [-0.2, 0) is 10.0 Å². The Labute approximate surface area is 109 Å². The van der Waals surface area contributed by atoms with Crippen LogP contribution in [0.25, 0.3) is 10.4 Å². The van der Waals surface area contributed by atoms with Gasteiger partial charge in [-0.1, -0.05) is 5.11 Å². The second-order valence-electron chi connectivity index (χ2n) is 3.65. The summed E-state index contributed by atoms with van der Waals surface area (Å²) in [7, 11) is -2.60. The summed E-state index contributed by atoms with van der Waals surface area (Å²) in [6, 6.07) is 2.66. The number of nitrogens with zero attached hydrogens (tertiary/aromatic N) is 3. The number of primary sulfonamides is 1. The third kappa shape index (κ3) is 3.44. The van der Waals surface area contributed by atoms with E-state index in [-0.39, 0.29) is 16.2 Å². The highest BCUT2D eigenvalue weighted by atomic mass is 32.2. The van der Waals surface area contributed by atoms with Gasteiger partial charge < -0.3 is 4.74 Å². The second-order valence-corrected chi connectivity index (χ2v) is 5.21. The van der Waals surface area contributed by atoms with E-state index < -0.39 is 21.8 Å². The molecule has 1 unspecified atom stereocenters. The number of hydrogen-bond donors (Lipinski definition) is 1. The molecule has 0 aliphatic rings. The van der Waals surface area contributed by atoms with Crippen LogP contribution in [0.5, 0.6) is 5.75 Å². The zero-order chi connectivity index (χ0) is 14.6. The van der Waals surface area contributed by atoms with Crippen LogP contribution in [-0.4, -0.2) is 27.4 Å². The Bertz CT molecular complexity index is 649. The molecular weight excluding hydrogens is 272 g/mol. The standard InChI is InChI=1S/C10H12N4O4S/c1-6(13-14-11)10(15)8-5-7(19(12,16)17)3-4-9(8)18-2/h3-6H,1-2H3,(H2,12,16,17). The van der Waals surface area contributed by atoms with Gasteiger partial charge in [0.2, 0.25) is 10.0 Å². The molecule has 0 saturated heterocycles. The molecule has 8 nitrogen and oxygen atoms in total. The molecule has 9 heteroatoms. The first-order valence-electron chi connectivity index (χ1n) is 5.10. The van der Waals surface area contributed by atoms with E-state index >= 15 is 0 Å². The van der Waals surface area contributed by atoms with Gasteiger partial charge in [-0.25, -0.2) is 13.6 Å². The number of ether oxygens (including phenoxy) is 1. The van der Waals surface area contributed by atoms with Crippen molar-refractivity contribution >= 4 is 15.8 Å². The largest absolute Gasteiger partial charge is 0.496 e. The second kappa shape index (κ2) is 5.70. The zero-order valence-electron chi connectivity index (χ0n) is 10.3. The molecule has 1 aromatic carbocycles. The number of carbonyl (C=O) groups excluding carboxylic acids is 1. The molecule has 1 rings (SSSR count). The summed E-state index contributed by atoms with van der Waals surface area (Å²) in [6.07, 6.45) is 0. The molecule has 0 saturated carbocycles. The topological polar surface area (TPSA) is 135 Å². The van der Waals surface area contributed by atoms with Crippen LogP contribution in [0.1, 0.15) is 17.3 Å². The van der Waals surface area contributed by atoms with Crippen LogP contribution in [0, 0.1) is 0 Å². The Kier molecular flexibility index (Phi) is 4.49. The van der Waals surface area contributed by atoms with E-state index in [1.807, 2.05) is 0 Å². The van der Waals surface area contributed by atoms with Gasteiger partial charge in [0.05, 0.1) is 23.6 Å². The predicted octanol–water partition coefficient (Wildman–Crippen LogP) is 1.22. The zero-order valence-corrected chi connectivity index (χ0v) is 11.1. The molecule has 0 fully saturated rings. The van der Waals surface area contributed by atoms with Gasteiger partial charge in [-0.2, -0.15) is 0 Å². The third-order valence-corrected chi connectivity index (χ3v) is 3.28. The molecule has 0 aromatic heterocycles. The summed E-state index contributed by atoms with van der Waals surface area (Å²) in [6.45, 7) is 1.39. The molecule has 102 valence electrons. The summed E-state index contributed by atoms with van der Waals surface area (Å²) in [5.41, 5.74) is 8.30. The molecule has 0 aliphatic carbocycles. The van der Waals surface area contributed by atoms with Gasteiger partial charge in [0, 0.05) is 4.91 Å². The van der Waals surface area contributed by atoms with Crippen molar-refractivity contribution in [3.8, 4) is 5.75 Å². The molecule has 0 spiro atoms. The number of benzene rings is 1. The number of Topliss-reactive ketones (excluding diaryl/α,β-unsaturated/α-hetero) is 1. The lowest BCUT2D eigenvalue weighted by molar-refractivity contribution is 0.0965. The van der Waals surface area contributed by atoms with E-state index in [1.165, 1.54) is 26.2 Å². The van der Waals surface area contributed by atoms with Crippen molar-refractivity contribution in [1.29, 1.82) is 0 Å². The van der Waals surface area contributed by atoms with Gasteiger partial charge >= 0.3 is 0 Å². The van der Waals surface area contributed by atoms with Crippen molar-refractivity contribution in [3.63, 3.8) is 0 Å². The van der Waals surface area contributed by atoms with Gasteiger partial charge in [0.15, 0.2) is 5.78 Å². The number of azide groups is 1. The van der Waals surface area contributed by atoms with E-state index in [4.69, 9.17) is 15.4 Å². The predicted molar refractivity (Wildman–Crippen MR) is 67.3 cm³/mol. The van der Waals surface area contributed by atoms with Crippen LogP contribution >= 0.6 is 0 Å². The van der Waals surface area contributed by atoms with Crippen molar-refractivity contribution in [1.82, 2.24) is 0 Å². The number of sulfonamides is 1. The molecule has 2 N–H and O–H groups in total. The molecule has 0 heterocycles. The minimum atomic E-state index is -3.93. The van der Waals surface area contributed by atoms with Crippen molar-refractivity contribution in [2.45, 2.75) is 17.9 Å². The number of ketones is 1. The molecule has 0 amide bonds. The van der Waals surface area contributed by atoms with E-state index in [0.717, 1.165) is 6.07 Å². The lowest BCUT2D eigenvalue weighted by atomic mass is 10.1. The van der Waals surface area contributed by atoms with Crippen LogP contribution in [0.4, 0.5) is 0 Å². The van der Waals surface area contributed by atoms with E-state index in [9.17, 15) is 13.2 Å². The SMILES string of the molecule is COc1ccc(S(N)(=O)=O)cc1C(=O)C(C)N=[N+]=[N-]. The fourth-order valence-electron chi connectivity index (χ4n) is 1.41. The monoisotopic (exact) mass is 284 g/mol. The number of carbonyl (C=O) groups is 1. The summed E-state index contributed by atoms with van der Waals surface area (Å²) >= 11 is 0. The minimum Gasteiger partial charge on any atom is -0.496 e. The third-order valence-electron chi connectivity index (χ3n) is 2.37. The lowest BCUT2D eigenvalue weighted by Gasteiger charge is -2.10. The van der Waals surface area contributed by atoms with Crippen molar-refractivity contribution < 1.29 is 17.9 Å². The molecule has 1 atom stereocenters. The van der Waals surface area contributed by atoms with Crippen LogP contribution in [0.2, 0.25) is 0 Å². The Morgan fingerprint density at radius 2 is 2.16 bits per heavy atom. The Hall–Kier alpha value is -2.09. The molecule has 1 aromatic rings. The van der Waals surface area contributed by atoms with Gasteiger partial charge in [0.25, 0.3) is 0 Å². The number of rotatable bonds is 5. The van der Waals surface area contributed by atoms with E-state index in [0.29, 0.717) is 0 Å². The average Bonchev–Trinajstić information content (AvgIpc) is 2.36. The first-order chi connectivity index (χ1) is 8.81. The Morgan fingerprint density at radius 1 is 1.53 bits per heavy atom. The van der Waals surface area contributed by atoms with Crippen LogP contribution < -0.4 is 9.88 Å². The molecule has 0 radical (unpaired) electrons. The maximum Gasteiger partial charge on any atom is 0.238 e.